The van der Waals surface area contributed by atoms with E-state index in [0.29, 0.717) is 0 Å². The number of hydrogen-bond donors (Lipinski definition) is 0. The van der Waals surface area contributed by atoms with Crippen LogP contribution in [-0.2, 0) is 6.04 Å². The standard InChI is InChI=1S/C16H26FNSi/c1-14-7-8-16(17)15(11-14)12-19(2,3)13-18-9-5-4-6-10-18/h7-8,11H,4-6,9-10,12-13H2,1-3H3. The number of nitrogens with zero attached hydrogens (tertiary/aromatic N) is 1. The van der Waals surface area contributed by atoms with Crippen LogP contribution in [-0.4, -0.2) is 32.2 Å². The quantitative estimate of drug-likeness (QED) is 0.754. The van der Waals surface area contributed by atoms with Crippen LogP contribution in [0.15, 0.2) is 18.2 Å². The minimum Gasteiger partial charge on any atom is -0.306 e. The van der Waals surface area contributed by atoms with Crippen molar-refractivity contribution in [2.24, 2.45) is 0 Å². The molecule has 1 saturated heterocycles. The van der Waals surface area contributed by atoms with E-state index in [1.807, 2.05) is 19.1 Å². The number of hydrogen-bond acceptors (Lipinski definition) is 1. The molecule has 19 heavy (non-hydrogen) atoms. The van der Waals surface area contributed by atoms with Crippen molar-refractivity contribution >= 4 is 8.07 Å². The summed E-state index contributed by atoms with van der Waals surface area (Å²) in [5.74, 6) is -0.0233. The van der Waals surface area contributed by atoms with Gasteiger partial charge in [0.05, 0.1) is 8.07 Å². The van der Waals surface area contributed by atoms with Gasteiger partial charge in [0, 0.05) is 0 Å². The van der Waals surface area contributed by atoms with E-state index in [1.165, 1.54) is 44.1 Å². The van der Waals surface area contributed by atoms with Gasteiger partial charge < -0.3 is 4.90 Å². The average molecular weight is 279 g/mol. The molecule has 1 nitrogen and oxygen atoms in total. The number of aryl methyl sites for hydroxylation is 1. The Labute approximate surface area is 117 Å². The normalized spacial score (nSPS) is 17.7. The topological polar surface area (TPSA) is 3.24 Å². The Kier molecular flexibility index (Phi) is 4.80. The lowest BCUT2D eigenvalue weighted by molar-refractivity contribution is 0.258. The van der Waals surface area contributed by atoms with Gasteiger partial charge >= 0.3 is 0 Å². The third kappa shape index (κ3) is 4.43. The molecule has 0 aliphatic carbocycles. The first-order chi connectivity index (χ1) is 8.96. The Morgan fingerprint density at radius 1 is 1.16 bits per heavy atom. The fourth-order valence-electron chi connectivity index (χ4n) is 3.13. The summed E-state index contributed by atoms with van der Waals surface area (Å²) >= 11 is 0. The van der Waals surface area contributed by atoms with Crippen molar-refractivity contribution in [2.45, 2.75) is 45.3 Å². The van der Waals surface area contributed by atoms with Crippen molar-refractivity contribution in [2.75, 3.05) is 19.3 Å². The Balaban J connectivity index is 2.00. The maximum atomic E-state index is 13.9. The minimum absolute atomic E-state index is 0.0233. The van der Waals surface area contributed by atoms with Crippen LogP contribution in [0.5, 0.6) is 0 Å². The van der Waals surface area contributed by atoms with E-state index in [2.05, 4.69) is 18.0 Å². The van der Waals surface area contributed by atoms with Crippen LogP contribution in [0.2, 0.25) is 13.1 Å². The van der Waals surface area contributed by atoms with E-state index in [4.69, 9.17) is 0 Å². The minimum atomic E-state index is -1.40. The average Bonchev–Trinajstić information content (AvgIpc) is 2.34. The van der Waals surface area contributed by atoms with Gasteiger partial charge in [-0.2, -0.15) is 0 Å². The summed E-state index contributed by atoms with van der Waals surface area (Å²) in [5.41, 5.74) is 2.09. The Hall–Kier alpha value is -0.673. The number of rotatable bonds is 4. The molecule has 2 rings (SSSR count). The number of halogens is 1. The maximum absolute atomic E-state index is 13.9. The largest absolute Gasteiger partial charge is 0.306 e. The zero-order chi connectivity index (χ0) is 13.9. The van der Waals surface area contributed by atoms with Crippen molar-refractivity contribution in [3.05, 3.63) is 35.1 Å². The van der Waals surface area contributed by atoms with Crippen LogP contribution < -0.4 is 0 Å². The highest BCUT2D eigenvalue weighted by atomic mass is 28.3. The number of likely N-dealkylation sites (tertiary alicyclic amines) is 1. The zero-order valence-corrected chi connectivity index (χ0v) is 13.5. The molecule has 0 bridgehead atoms. The second kappa shape index (κ2) is 6.19. The Morgan fingerprint density at radius 2 is 1.84 bits per heavy atom. The molecule has 0 radical (unpaired) electrons. The first-order valence-electron chi connectivity index (χ1n) is 7.44. The molecule has 1 fully saturated rings. The van der Waals surface area contributed by atoms with Crippen LogP contribution in [0.3, 0.4) is 0 Å². The summed E-state index contributed by atoms with van der Waals surface area (Å²) in [5, 5.41) is 0. The highest BCUT2D eigenvalue weighted by Crippen LogP contribution is 2.19. The van der Waals surface area contributed by atoms with Gasteiger partial charge in [0.15, 0.2) is 0 Å². The van der Waals surface area contributed by atoms with Gasteiger partial charge in [0.2, 0.25) is 0 Å². The lowest BCUT2D eigenvalue weighted by atomic mass is 10.1. The molecule has 106 valence electrons. The van der Waals surface area contributed by atoms with E-state index < -0.39 is 8.07 Å². The maximum Gasteiger partial charge on any atom is 0.126 e. The second-order valence-corrected chi connectivity index (χ2v) is 11.8. The highest BCUT2D eigenvalue weighted by molar-refractivity contribution is 6.77. The molecule has 0 saturated carbocycles. The molecule has 1 heterocycles. The Morgan fingerprint density at radius 3 is 2.53 bits per heavy atom. The molecule has 0 spiro atoms. The molecule has 1 aliphatic heterocycles. The number of benzene rings is 1. The number of piperidine rings is 1. The van der Waals surface area contributed by atoms with Crippen molar-refractivity contribution in [1.82, 2.24) is 4.90 Å². The molecular formula is C16H26FNSi. The third-order valence-electron chi connectivity index (χ3n) is 3.97. The van der Waals surface area contributed by atoms with Crippen LogP contribution in [0, 0.1) is 12.7 Å². The lowest BCUT2D eigenvalue weighted by Gasteiger charge is -2.34. The predicted molar refractivity (Wildman–Crippen MR) is 82.6 cm³/mol. The van der Waals surface area contributed by atoms with Gasteiger partial charge in [0.1, 0.15) is 5.82 Å². The van der Waals surface area contributed by atoms with Gasteiger partial charge in [-0.1, -0.05) is 37.2 Å². The second-order valence-electron chi connectivity index (χ2n) is 6.77. The summed E-state index contributed by atoms with van der Waals surface area (Å²) in [6.45, 7) is 9.31. The fraction of sp³-hybridized carbons (Fsp3) is 0.625. The summed E-state index contributed by atoms with van der Waals surface area (Å²) in [7, 11) is -1.40. The molecule has 1 aromatic rings. The first-order valence-corrected chi connectivity index (χ1v) is 10.9. The molecule has 1 aliphatic rings. The molecule has 0 aromatic heterocycles. The summed E-state index contributed by atoms with van der Waals surface area (Å²) in [6.07, 6.45) is 5.26. The summed E-state index contributed by atoms with van der Waals surface area (Å²) < 4.78 is 13.9. The molecular weight excluding hydrogens is 253 g/mol. The lowest BCUT2D eigenvalue weighted by Crippen LogP contribution is -2.46. The molecule has 0 amide bonds. The molecule has 1 aromatic carbocycles. The predicted octanol–water partition coefficient (Wildman–Crippen LogP) is 3.95. The third-order valence-corrected chi connectivity index (χ3v) is 6.61. The Bertz CT molecular complexity index is 425. The molecule has 3 heteroatoms. The van der Waals surface area contributed by atoms with E-state index >= 15 is 0 Å². The molecule has 0 atom stereocenters. The van der Waals surface area contributed by atoms with Gasteiger partial charge in [-0.3, -0.25) is 0 Å². The summed E-state index contributed by atoms with van der Waals surface area (Å²) in [4.78, 5) is 2.60. The van der Waals surface area contributed by atoms with Crippen LogP contribution >= 0.6 is 0 Å². The highest BCUT2D eigenvalue weighted by Gasteiger charge is 2.26. The van der Waals surface area contributed by atoms with Crippen LogP contribution in [0.25, 0.3) is 0 Å². The SMILES string of the molecule is Cc1ccc(F)c(C[Si](C)(C)CN2CCCCC2)c1. The smallest absolute Gasteiger partial charge is 0.126 e. The van der Waals surface area contributed by atoms with E-state index in [1.54, 1.807) is 6.07 Å². The van der Waals surface area contributed by atoms with Gasteiger partial charge in [-0.25, -0.2) is 4.39 Å². The van der Waals surface area contributed by atoms with E-state index in [9.17, 15) is 4.39 Å². The van der Waals surface area contributed by atoms with Crippen molar-refractivity contribution in [3.63, 3.8) is 0 Å². The van der Waals surface area contributed by atoms with E-state index in [0.717, 1.165) is 11.6 Å². The van der Waals surface area contributed by atoms with Gasteiger partial charge in [0.25, 0.3) is 0 Å². The fourth-order valence-corrected chi connectivity index (χ4v) is 6.07. The zero-order valence-electron chi connectivity index (χ0n) is 12.5. The van der Waals surface area contributed by atoms with Crippen molar-refractivity contribution in [1.29, 1.82) is 0 Å². The molecule has 0 unspecified atom stereocenters. The van der Waals surface area contributed by atoms with Gasteiger partial charge in [-0.15, -0.1) is 0 Å². The van der Waals surface area contributed by atoms with Gasteiger partial charge in [-0.05, 0) is 56.7 Å². The van der Waals surface area contributed by atoms with Crippen LogP contribution in [0.1, 0.15) is 30.4 Å². The first kappa shape index (κ1) is 14.7. The monoisotopic (exact) mass is 279 g/mol. The van der Waals surface area contributed by atoms with Crippen molar-refractivity contribution < 1.29 is 4.39 Å². The van der Waals surface area contributed by atoms with Crippen molar-refractivity contribution in [3.8, 4) is 0 Å². The van der Waals surface area contributed by atoms with Crippen LogP contribution in [0.4, 0.5) is 4.39 Å². The van der Waals surface area contributed by atoms with E-state index in [-0.39, 0.29) is 5.82 Å². The molecule has 0 N–H and O–H groups in total. The summed E-state index contributed by atoms with van der Waals surface area (Å²) in [6, 6.07) is 6.46.